The van der Waals surface area contributed by atoms with Crippen LogP contribution >= 0.6 is 15.9 Å². The van der Waals surface area contributed by atoms with Crippen molar-refractivity contribution in [3.63, 3.8) is 0 Å². The number of nitrogens with zero attached hydrogens (tertiary/aromatic N) is 5. The molecule has 4 aromatic heterocycles. The zero-order valence-corrected chi connectivity index (χ0v) is 46.9. The SMILES string of the molecule is Brc1ccc(N(c2ccccc2)c2ccccc2)cc1.c1ccc(-n2ccc3ccc4[nH]c5ccccc5c4c32)cc1.c1ccc(N(c2ccccc2)c2ccc(-n3c4ccccc4c4c5c(ccc43)ccn5-c3ccccc3)cc2)cc1. The second-order valence-electron chi connectivity index (χ2n) is 20.4. The molecule has 16 rings (SSSR count). The molecule has 1 N–H and O–H groups in total. The zero-order chi connectivity index (χ0) is 55.5. The molecule has 0 unspecified atom stereocenters. The highest BCUT2D eigenvalue weighted by Gasteiger charge is 2.19. The normalized spacial score (nSPS) is 11.2. The molecule has 12 aromatic carbocycles. The molecule has 0 saturated carbocycles. The summed E-state index contributed by atoms with van der Waals surface area (Å²) in [7, 11) is 0. The third-order valence-corrected chi connectivity index (χ3v) is 15.9. The number of benzene rings is 12. The molecule has 0 radical (unpaired) electrons. The van der Waals surface area contributed by atoms with Crippen LogP contribution in [-0.2, 0) is 0 Å². The van der Waals surface area contributed by atoms with E-state index in [1.165, 1.54) is 71.1 Å². The van der Waals surface area contributed by atoms with Crippen LogP contribution in [0.5, 0.6) is 0 Å². The Morgan fingerprint density at radius 2 is 0.675 bits per heavy atom. The summed E-state index contributed by atoms with van der Waals surface area (Å²) in [6, 6.07) is 111. The molecule has 0 aliphatic rings. The Kier molecular flexibility index (Phi) is 13.7. The first-order valence-electron chi connectivity index (χ1n) is 27.9. The molecule has 0 atom stereocenters. The standard InChI is InChI=1S/C38H27N3.C20H14N2.C18H14BrN/c1-4-12-29(13-5-1)39-27-26-28-20-25-36-37(38(28)39)34-18-10-11-19-35(34)41(36)33-23-21-32(22-24-33)40(30-14-6-2-7-15-30)31-16-8-3-9-17-31;1-2-6-15(7-3-1)22-13-12-14-10-11-18-19(20(14)22)16-8-4-5-9-17(16)21-18;19-15-11-13-18(14-12-15)20(16-7-3-1-4-8-16)17-9-5-2-6-10-17/h1-27H;1-13,21H;1-14H. The molecule has 0 spiro atoms. The van der Waals surface area contributed by atoms with Gasteiger partial charge in [0.2, 0.25) is 0 Å². The van der Waals surface area contributed by atoms with Crippen LogP contribution in [0.15, 0.2) is 332 Å². The number of aromatic amines is 1. The zero-order valence-electron chi connectivity index (χ0n) is 45.3. The van der Waals surface area contributed by atoms with Gasteiger partial charge in [-0.15, -0.1) is 0 Å². The van der Waals surface area contributed by atoms with Gasteiger partial charge in [0.15, 0.2) is 0 Å². The fourth-order valence-electron chi connectivity index (χ4n) is 11.7. The maximum atomic E-state index is 3.53. The summed E-state index contributed by atoms with van der Waals surface area (Å²) in [4.78, 5) is 8.07. The van der Waals surface area contributed by atoms with Crippen LogP contribution in [0.4, 0.5) is 34.1 Å². The van der Waals surface area contributed by atoms with Crippen molar-refractivity contribution in [2.75, 3.05) is 9.80 Å². The summed E-state index contributed by atoms with van der Waals surface area (Å²) in [5.41, 5.74) is 17.6. The van der Waals surface area contributed by atoms with E-state index in [-0.39, 0.29) is 0 Å². The number of aromatic nitrogens is 4. The van der Waals surface area contributed by atoms with Gasteiger partial charge in [0, 0.05) is 111 Å². The smallest absolute Gasteiger partial charge is 0.0628 e. The number of nitrogens with one attached hydrogen (secondary N) is 1. The van der Waals surface area contributed by atoms with E-state index in [1.54, 1.807) is 0 Å². The topological polar surface area (TPSA) is 37.1 Å². The lowest BCUT2D eigenvalue weighted by Crippen LogP contribution is -2.09. The highest BCUT2D eigenvalue weighted by molar-refractivity contribution is 9.10. The van der Waals surface area contributed by atoms with Crippen molar-refractivity contribution in [2.24, 2.45) is 0 Å². The van der Waals surface area contributed by atoms with Gasteiger partial charge in [-0.25, -0.2) is 0 Å². The minimum atomic E-state index is 1.09. The molecule has 0 saturated heterocycles. The van der Waals surface area contributed by atoms with Crippen LogP contribution in [0.25, 0.3) is 82.5 Å². The average molecular weight is 1130 g/mol. The minimum absolute atomic E-state index is 1.09. The maximum Gasteiger partial charge on any atom is 0.0628 e. The van der Waals surface area contributed by atoms with Gasteiger partial charge in [0.1, 0.15) is 0 Å². The predicted octanol–water partition coefficient (Wildman–Crippen LogP) is 21.4. The van der Waals surface area contributed by atoms with E-state index in [1.807, 2.05) is 12.1 Å². The molecular formula is C76H55BrN6. The second-order valence-corrected chi connectivity index (χ2v) is 21.3. The van der Waals surface area contributed by atoms with Crippen LogP contribution in [0.1, 0.15) is 0 Å². The maximum absolute atomic E-state index is 3.53. The van der Waals surface area contributed by atoms with Gasteiger partial charge in [0.25, 0.3) is 0 Å². The molecule has 16 aromatic rings. The van der Waals surface area contributed by atoms with Crippen molar-refractivity contribution in [1.29, 1.82) is 0 Å². The quantitative estimate of drug-likeness (QED) is 0.156. The van der Waals surface area contributed by atoms with Crippen molar-refractivity contribution in [3.8, 4) is 17.1 Å². The number of H-pyrrole nitrogens is 1. The van der Waals surface area contributed by atoms with Crippen LogP contribution in [0.2, 0.25) is 0 Å². The lowest BCUT2D eigenvalue weighted by Gasteiger charge is -2.25. The second kappa shape index (κ2) is 22.5. The fourth-order valence-corrected chi connectivity index (χ4v) is 11.9. The molecule has 6 nitrogen and oxygen atoms in total. The monoisotopic (exact) mass is 1130 g/mol. The highest BCUT2D eigenvalue weighted by atomic mass is 79.9. The van der Waals surface area contributed by atoms with E-state index >= 15 is 0 Å². The van der Waals surface area contributed by atoms with E-state index in [4.69, 9.17) is 0 Å². The third kappa shape index (κ3) is 9.79. The molecule has 396 valence electrons. The molecule has 7 heteroatoms. The van der Waals surface area contributed by atoms with E-state index in [9.17, 15) is 0 Å². The van der Waals surface area contributed by atoms with Crippen molar-refractivity contribution < 1.29 is 0 Å². The molecule has 0 aliphatic heterocycles. The predicted molar refractivity (Wildman–Crippen MR) is 354 cm³/mol. The Labute approximate surface area is 490 Å². The Bertz CT molecular complexity index is 4740. The number of halogens is 1. The number of fused-ring (bicyclic) bond motifs is 10. The summed E-state index contributed by atoms with van der Waals surface area (Å²) in [5, 5.41) is 7.59. The molecular weight excluding hydrogens is 1080 g/mol. The summed E-state index contributed by atoms with van der Waals surface area (Å²) in [5.74, 6) is 0. The van der Waals surface area contributed by atoms with Crippen molar-refractivity contribution in [2.45, 2.75) is 0 Å². The number of rotatable bonds is 9. The molecule has 0 aliphatic carbocycles. The Hall–Kier alpha value is -10.6. The third-order valence-electron chi connectivity index (χ3n) is 15.4. The summed E-state index contributed by atoms with van der Waals surface area (Å²) < 4.78 is 8.07. The molecule has 4 heterocycles. The Morgan fingerprint density at radius 1 is 0.277 bits per heavy atom. The first kappa shape index (κ1) is 50.6. The van der Waals surface area contributed by atoms with Crippen LogP contribution in [0, 0.1) is 0 Å². The van der Waals surface area contributed by atoms with Gasteiger partial charge in [-0.05, 0) is 158 Å². The molecule has 0 bridgehead atoms. The Morgan fingerprint density at radius 3 is 1.18 bits per heavy atom. The van der Waals surface area contributed by atoms with Crippen molar-refractivity contribution >= 4 is 115 Å². The molecule has 0 fully saturated rings. The number of hydrogen-bond donors (Lipinski definition) is 1. The number of para-hydroxylation sites is 8. The lowest BCUT2D eigenvalue weighted by molar-refractivity contribution is 1.13. The largest absolute Gasteiger partial charge is 0.354 e. The van der Waals surface area contributed by atoms with Crippen LogP contribution < -0.4 is 9.80 Å². The van der Waals surface area contributed by atoms with E-state index in [2.05, 4.69) is 360 Å². The van der Waals surface area contributed by atoms with E-state index in [0.29, 0.717) is 0 Å². The van der Waals surface area contributed by atoms with Crippen molar-refractivity contribution in [1.82, 2.24) is 18.7 Å². The van der Waals surface area contributed by atoms with Gasteiger partial charge in [-0.1, -0.05) is 174 Å². The van der Waals surface area contributed by atoms with Gasteiger partial charge in [0.05, 0.1) is 22.1 Å². The highest BCUT2D eigenvalue weighted by Crippen LogP contribution is 2.41. The van der Waals surface area contributed by atoms with Gasteiger partial charge >= 0.3 is 0 Å². The number of hydrogen-bond acceptors (Lipinski definition) is 2. The molecule has 0 amide bonds. The van der Waals surface area contributed by atoms with Crippen molar-refractivity contribution in [3.05, 3.63) is 332 Å². The summed E-state index contributed by atoms with van der Waals surface area (Å²) in [6.45, 7) is 0. The van der Waals surface area contributed by atoms with Crippen LogP contribution in [-0.4, -0.2) is 18.7 Å². The number of anilines is 6. The van der Waals surface area contributed by atoms with Gasteiger partial charge < -0.3 is 28.5 Å². The van der Waals surface area contributed by atoms with E-state index in [0.717, 1.165) is 50.0 Å². The molecule has 83 heavy (non-hydrogen) atoms. The van der Waals surface area contributed by atoms with E-state index < -0.39 is 0 Å². The summed E-state index contributed by atoms with van der Waals surface area (Å²) in [6.07, 6.45) is 4.34. The first-order valence-corrected chi connectivity index (χ1v) is 28.7. The summed E-state index contributed by atoms with van der Waals surface area (Å²) >= 11 is 3.49. The average Bonchev–Trinajstić information content (AvgIpc) is 2.67. The minimum Gasteiger partial charge on any atom is -0.354 e. The van der Waals surface area contributed by atoms with Gasteiger partial charge in [-0.3, -0.25) is 0 Å². The Balaban J connectivity index is 0.000000123. The van der Waals surface area contributed by atoms with Crippen LogP contribution in [0.3, 0.4) is 0 Å². The first-order chi connectivity index (χ1) is 41.1. The fraction of sp³-hybridized carbons (Fsp3) is 0. The van der Waals surface area contributed by atoms with Gasteiger partial charge in [-0.2, -0.15) is 0 Å². The lowest BCUT2D eigenvalue weighted by atomic mass is 10.1.